The molecular formula is C20H23FN6O. The maximum absolute atomic E-state index is 13.2. The molecule has 8 heteroatoms. The average molecular weight is 382 g/mol. The van der Waals surface area contributed by atoms with Gasteiger partial charge in [-0.2, -0.15) is 0 Å². The molecule has 1 aliphatic heterocycles. The van der Waals surface area contributed by atoms with Gasteiger partial charge in [-0.25, -0.2) is 14.2 Å². The van der Waals surface area contributed by atoms with Crippen molar-refractivity contribution in [1.82, 2.24) is 25.2 Å². The fraction of sp³-hybridized carbons (Fsp3) is 0.350. The van der Waals surface area contributed by atoms with E-state index in [0.717, 1.165) is 36.5 Å². The number of pyridine rings is 1. The number of anilines is 1. The van der Waals surface area contributed by atoms with Crippen molar-refractivity contribution in [2.45, 2.75) is 12.8 Å². The first kappa shape index (κ1) is 18.2. The Morgan fingerprint density at radius 3 is 2.71 bits per heavy atom. The molecule has 3 aromatic rings. The number of nitrogens with zero attached hydrogens (tertiary/aromatic N) is 4. The number of aromatic nitrogens is 3. The first-order valence-corrected chi connectivity index (χ1v) is 9.51. The van der Waals surface area contributed by atoms with Crippen LogP contribution in [0.1, 0.15) is 12.2 Å². The molecule has 0 spiro atoms. The Morgan fingerprint density at radius 1 is 1.14 bits per heavy atom. The van der Waals surface area contributed by atoms with Crippen LogP contribution in [0, 0.1) is 5.82 Å². The number of benzene rings is 1. The Kier molecular flexibility index (Phi) is 5.36. The van der Waals surface area contributed by atoms with Crippen molar-refractivity contribution < 1.29 is 9.18 Å². The van der Waals surface area contributed by atoms with Crippen molar-refractivity contribution in [2.75, 3.05) is 37.6 Å². The minimum Gasteiger partial charge on any atom is -0.368 e. The molecule has 2 N–H and O–H groups in total. The summed E-state index contributed by atoms with van der Waals surface area (Å²) in [5.74, 6) is 0.528. The number of carbonyl (C=O) groups excluding carboxylic acids is 1. The standard InChI is InChI=1S/C20H23FN6O/c21-15-3-4-17-18(14-15)25-19(24-17)2-1-7-23-20(28)27-12-10-26(11-13-27)16-5-8-22-9-6-16/h3-6,8-9,14H,1-2,7,10-13H2,(H,23,28)(H,24,25). The maximum Gasteiger partial charge on any atom is 0.317 e. The molecule has 146 valence electrons. The minimum atomic E-state index is -0.279. The molecule has 2 amide bonds. The highest BCUT2D eigenvalue weighted by atomic mass is 19.1. The highest BCUT2D eigenvalue weighted by Gasteiger charge is 2.20. The quantitative estimate of drug-likeness (QED) is 0.665. The summed E-state index contributed by atoms with van der Waals surface area (Å²) >= 11 is 0. The van der Waals surface area contributed by atoms with Crippen molar-refractivity contribution in [3.05, 3.63) is 54.4 Å². The summed E-state index contributed by atoms with van der Waals surface area (Å²) in [6.45, 7) is 3.60. The molecule has 7 nitrogen and oxygen atoms in total. The number of piperazine rings is 1. The molecule has 0 atom stereocenters. The number of halogens is 1. The van der Waals surface area contributed by atoms with Crippen molar-refractivity contribution in [3.8, 4) is 0 Å². The van der Waals surface area contributed by atoms with E-state index in [2.05, 4.69) is 25.2 Å². The highest BCUT2D eigenvalue weighted by Crippen LogP contribution is 2.15. The molecule has 0 bridgehead atoms. The molecule has 1 fully saturated rings. The highest BCUT2D eigenvalue weighted by molar-refractivity contribution is 5.75. The lowest BCUT2D eigenvalue weighted by Gasteiger charge is -2.36. The number of amides is 2. The van der Waals surface area contributed by atoms with Crippen LogP contribution in [0.5, 0.6) is 0 Å². The fourth-order valence-electron chi connectivity index (χ4n) is 3.44. The van der Waals surface area contributed by atoms with Gasteiger partial charge in [0.05, 0.1) is 11.0 Å². The molecule has 0 unspecified atom stereocenters. The molecule has 28 heavy (non-hydrogen) atoms. The van der Waals surface area contributed by atoms with Gasteiger partial charge in [0.2, 0.25) is 0 Å². The van der Waals surface area contributed by atoms with Crippen molar-refractivity contribution in [1.29, 1.82) is 0 Å². The van der Waals surface area contributed by atoms with Gasteiger partial charge in [0.25, 0.3) is 0 Å². The third kappa shape index (κ3) is 4.21. The molecule has 2 aromatic heterocycles. The van der Waals surface area contributed by atoms with E-state index in [0.29, 0.717) is 31.6 Å². The zero-order valence-corrected chi connectivity index (χ0v) is 15.6. The zero-order valence-electron chi connectivity index (χ0n) is 15.6. The summed E-state index contributed by atoms with van der Waals surface area (Å²) < 4.78 is 13.2. The number of urea groups is 1. The van der Waals surface area contributed by atoms with E-state index in [4.69, 9.17) is 0 Å². The van der Waals surface area contributed by atoms with E-state index in [9.17, 15) is 9.18 Å². The van der Waals surface area contributed by atoms with Gasteiger partial charge in [0.15, 0.2) is 0 Å². The van der Waals surface area contributed by atoms with Gasteiger partial charge in [0, 0.05) is 57.2 Å². The van der Waals surface area contributed by atoms with Gasteiger partial charge in [0.1, 0.15) is 11.6 Å². The van der Waals surface area contributed by atoms with Gasteiger partial charge >= 0.3 is 6.03 Å². The monoisotopic (exact) mass is 382 g/mol. The first-order valence-electron chi connectivity index (χ1n) is 9.51. The average Bonchev–Trinajstić information content (AvgIpc) is 3.13. The number of aryl methyl sites for hydroxylation is 1. The number of fused-ring (bicyclic) bond motifs is 1. The Hall–Kier alpha value is -3.16. The molecule has 0 saturated carbocycles. The zero-order chi connectivity index (χ0) is 19.3. The topological polar surface area (TPSA) is 77.2 Å². The van der Waals surface area contributed by atoms with Crippen LogP contribution in [0.25, 0.3) is 11.0 Å². The predicted molar refractivity (Wildman–Crippen MR) is 106 cm³/mol. The number of hydrogen-bond acceptors (Lipinski definition) is 4. The normalized spacial score (nSPS) is 14.5. The molecule has 1 aliphatic rings. The van der Waals surface area contributed by atoms with Gasteiger partial charge in [-0.1, -0.05) is 0 Å². The summed E-state index contributed by atoms with van der Waals surface area (Å²) in [6, 6.07) is 8.46. The maximum atomic E-state index is 13.2. The van der Waals surface area contributed by atoms with E-state index in [1.54, 1.807) is 18.5 Å². The molecule has 1 saturated heterocycles. The Bertz CT molecular complexity index is 936. The third-order valence-electron chi connectivity index (χ3n) is 4.95. The first-order chi connectivity index (χ1) is 13.7. The van der Waals surface area contributed by atoms with Crippen LogP contribution in [0.2, 0.25) is 0 Å². The van der Waals surface area contributed by atoms with Crippen LogP contribution in [-0.2, 0) is 6.42 Å². The summed E-state index contributed by atoms with van der Waals surface area (Å²) in [7, 11) is 0. The van der Waals surface area contributed by atoms with Gasteiger partial charge < -0.3 is 20.1 Å². The largest absolute Gasteiger partial charge is 0.368 e. The third-order valence-corrected chi connectivity index (χ3v) is 4.95. The molecule has 1 aromatic carbocycles. The van der Waals surface area contributed by atoms with E-state index < -0.39 is 0 Å². The van der Waals surface area contributed by atoms with Crippen LogP contribution in [0.15, 0.2) is 42.7 Å². The van der Waals surface area contributed by atoms with E-state index in [1.165, 1.54) is 12.1 Å². The lowest BCUT2D eigenvalue weighted by atomic mass is 10.2. The fourth-order valence-corrected chi connectivity index (χ4v) is 3.44. The summed E-state index contributed by atoms with van der Waals surface area (Å²) in [6.07, 6.45) is 5.04. The van der Waals surface area contributed by atoms with Crippen molar-refractivity contribution in [2.24, 2.45) is 0 Å². The number of imidazole rings is 1. The van der Waals surface area contributed by atoms with Crippen LogP contribution >= 0.6 is 0 Å². The van der Waals surface area contributed by atoms with Crippen molar-refractivity contribution in [3.63, 3.8) is 0 Å². The van der Waals surface area contributed by atoms with Crippen LogP contribution in [0.3, 0.4) is 0 Å². The molecule has 0 aliphatic carbocycles. The van der Waals surface area contributed by atoms with Crippen LogP contribution in [-0.4, -0.2) is 58.6 Å². The predicted octanol–water partition coefficient (Wildman–Crippen LogP) is 2.56. The molecule has 4 rings (SSSR count). The van der Waals surface area contributed by atoms with Gasteiger partial charge in [-0.05, 0) is 36.8 Å². The number of H-pyrrole nitrogens is 1. The Balaban J connectivity index is 1.19. The Morgan fingerprint density at radius 2 is 1.93 bits per heavy atom. The van der Waals surface area contributed by atoms with Crippen molar-refractivity contribution >= 4 is 22.8 Å². The SMILES string of the molecule is O=C(NCCCc1nc2ccc(F)cc2[nH]1)N1CCN(c2ccncc2)CC1. The number of carbonyl (C=O) groups is 1. The lowest BCUT2D eigenvalue weighted by molar-refractivity contribution is 0.194. The minimum absolute atomic E-state index is 0.0268. The number of nitrogens with one attached hydrogen (secondary N) is 2. The van der Waals surface area contributed by atoms with Crippen LogP contribution < -0.4 is 10.2 Å². The van der Waals surface area contributed by atoms with E-state index >= 15 is 0 Å². The molecular weight excluding hydrogens is 359 g/mol. The second-order valence-corrected chi connectivity index (χ2v) is 6.86. The summed E-state index contributed by atoms with van der Waals surface area (Å²) in [4.78, 5) is 28.1. The number of hydrogen-bond donors (Lipinski definition) is 2. The summed E-state index contributed by atoms with van der Waals surface area (Å²) in [5, 5.41) is 2.98. The summed E-state index contributed by atoms with van der Waals surface area (Å²) in [5.41, 5.74) is 2.60. The number of aromatic amines is 1. The Labute approximate surface area is 162 Å². The van der Waals surface area contributed by atoms with Gasteiger partial charge in [-0.3, -0.25) is 4.98 Å². The molecule has 0 radical (unpaired) electrons. The second-order valence-electron chi connectivity index (χ2n) is 6.86. The second kappa shape index (κ2) is 8.24. The number of rotatable bonds is 5. The van der Waals surface area contributed by atoms with Gasteiger partial charge in [-0.15, -0.1) is 0 Å². The van der Waals surface area contributed by atoms with E-state index in [-0.39, 0.29) is 11.8 Å². The van der Waals surface area contributed by atoms with Crippen LogP contribution in [0.4, 0.5) is 14.9 Å². The lowest BCUT2D eigenvalue weighted by Crippen LogP contribution is -2.52. The smallest absolute Gasteiger partial charge is 0.317 e. The van der Waals surface area contributed by atoms with E-state index in [1.807, 2.05) is 17.0 Å². The molecule has 3 heterocycles.